The maximum Gasteiger partial charge on any atom is 0.224 e. The second-order valence-electron chi connectivity index (χ2n) is 8.29. The van der Waals surface area contributed by atoms with Crippen LogP contribution < -0.4 is 14.8 Å². The van der Waals surface area contributed by atoms with Crippen molar-refractivity contribution in [3.8, 4) is 11.5 Å². The number of aryl methyl sites for hydroxylation is 1. The highest BCUT2D eigenvalue weighted by Gasteiger charge is 2.60. The highest BCUT2D eigenvalue weighted by atomic mass is 16.5. The number of carbonyl (C=O) groups excluding carboxylic acids is 1. The predicted molar refractivity (Wildman–Crippen MR) is 125 cm³/mol. The summed E-state index contributed by atoms with van der Waals surface area (Å²) in [5, 5.41) is 3.17. The van der Waals surface area contributed by atoms with Gasteiger partial charge in [-0.1, -0.05) is 30.3 Å². The van der Waals surface area contributed by atoms with E-state index < -0.39 is 0 Å². The van der Waals surface area contributed by atoms with Crippen molar-refractivity contribution >= 4 is 5.91 Å². The highest BCUT2D eigenvalue weighted by molar-refractivity contribution is 5.86. The second-order valence-corrected chi connectivity index (χ2v) is 8.29. The van der Waals surface area contributed by atoms with E-state index in [0.29, 0.717) is 6.54 Å². The Balaban J connectivity index is 1.41. The van der Waals surface area contributed by atoms with Gasteiger partial charge in [0.25, 0.3) is 0 Å². The monoisotopic (exact) mass is 430 g/mol. The Bertz CT molecular complexity index is 970. The lowest BCUT2D eigenvalue weighted by atomic mass is 9.85. The summed E-state index contributed by atoms with van der Waals surface area (Å²) in [6.45, 7) is 0.691. The zero-order valence-corrected chi connectivity index (χ0v) is 18.7. The molecule has 2 aromatic carbocycles. The van der Waals surface area contributed by atoms with Gasteiger partial charge in [0, 0.05) is 24.4 Å². The molecule has 1 unspecified atom stereocenters. The minimum absolute atomic E-state index is 0.0809. The summed E-state index contributed by atoms with van der Waals surface area (Å²) in [7, 11) is 3.33. The Labute approximate surface area is 189 Å². The lowest BCUT2D eigenvalue weighted by Gasteiger charge is -2.20. The number of pyridine rings is 1. The van der Waals surface area contributed by atoms with Gasteiger partial charge in [-0.3, -0.25) is 9.78 Å². The van der Waals surface area contributed by atoms with Crippen LogP contribution in [-0.2, 0) is 16.6 Å². The quantitative estimate of drug-likeness (QED) is 0.480. The van der Waals surface area contributed by atoms with E-state index in [2.05, 4.69) is 40.6 Å². The second kappa shape index (κ2) is 9.86. The number of methoxy groups -OCH3 is 2. The van der Waals surface area contributed by atoms with Crippen LogP contribution in [-0.4, -0.2) is 31.7 Å². The Morgan fingerprint density at radius 3 is 2.12 bits per heavy atom. The number of hydrogen-bond acceptors (Lipinski definition) is 4. The Morgan fingerprint density at radius 1 is 0.969 bits per heavy atom. The minimum Gasteiger partial charge on any atom is -0.497 e. The molecule has 32 heavy (non-hydrogen) atoms. The molecule has 5 heteroatoms. The van der Waals surface area contributed by atoms with Gasteiger partial charge in [-0.2, -0.15) is 0 Å². The van der Waals surface area contributed by atoms with Crippen molar-refractivity contribution in [2.24, 2.45) is 5.92 Å². The minimum atomic E-state index is -0.307. The summed E-state index contributed by atoms with van der Waals surface area (Å²) in [5.74, 6) is 1.67. The fraction of sp³-hybridized carbons (Fsp3) is 0.333. The molecule has 1 N–H and O–H groups in total. The average Bonchev–Trinajstić information content (AvgIpc) is 3.61. The van der Waals surface area contributed by atoms with E-state index in [1.54, 1.807) is 20.4 Å². The molecule has 0 saturated heterocycles. The van der Waals surface area contributed by atoms with Gasteiger partial charge in [0.1, 0.15) is 11.5 Å². The van der Waals surface area contributed by atoms with E-state index >= 15 is 0 Å². The van der Waals surface area contributed by atoms with Crippen molar-refractivity contribution < 1.29 is 14.3 Å². The van der Waals surface area contributed by atoms with Gasteiger partial charge >= 0.3 is 0 Å². The molecule has 1 saturated carbocycles. The number of nitrogens with zero attached hydrogens (tertiary/aromatic N) is 1. The van der Waals surface area contributed by atoms with Gasteiger partial charge in [0.15, 0.2) is 0 Å². The van der Waals surface area contributed by atoms with Crippen LogP contribution in [0.15, 0.2) is 73.1 Å². The normalized spacial score (nSPS) is 16.2. The predicted octanol–water partition coefficient (Wildman–Crippen LogP) is 4.54. The van der Waals surface area contributed by atoms with Crippen LogP contribution in [0.2, 0.25) is 0 Å². The third-order valence-corrected chi connectivity index (χ3v) is 6.40. The first kappa shape index (κ1) is 21.9. The SMILES string of the molecule is COc1ccc(C2(c3ccc(OC)cc3)CC2C(=O)NCCCCc2cccnc2)cc1. The zero-order chi connectivity index (χ0) is 22.4. The topological polar surface area (TPSA) is 60.5 Å². The Morgan fingerprint density at radius 2 is 1.59 bits per heavy atom. The van der Waals surface area contributed by atoms with E-state index in [9.17, 15) is 4.79 Å². The van der Waals surface area contributed by atoms with Gasteiger partial charge in [0.2, 0.25) is 5.91 Å². The van der Waals surface area contributed by atoms with Crippen LogP contribution in [0.1, 0.15) is 36.0 Å². The number of unbranched alkanes of at least 4 members (excludes halogenated alkanes) is 1. The third-order valence-electron chi connectivity index (χ3n) is 6.40. The summed E-state index contributed by atoms with van der Waals surface area (Å²) in [6, 6.07) is 20.2. The van der Waals surface area contributed by atoms with E-state index in [1.165, 1.54) is 5.56 Å². The van der Waals surface area contributed by atoms with Crippen molar-refractivity contribution in [3.05, 3.63) is 89.7 Å². The van der Waals surface area contributed by atoms with E-state index in [1.807, 2.05) is 36.5 Å². The summed E-state index contributed by atoms with van der Waals surface area (Å²) in [6.07, 6.45) is 7.45. The molecule has 0 bridgehead atoms. The number of hydrogen-bond donors (Lipinski definition) is 1. The maximum absolute atomic E-state index is 13.1. The molecular weight excluding hydrogens is 400 g/mol. The summed E-state index contributed by atoms with van der Waals surface area (Å²) >= 11 is 0. The van der Waals surface area contributed by atoms with Crippen molar-refractivity contribution in [2.45, 2.75) is 31.1 Å². The van der Waals surface area contributed by atoms with Crippen LogP contribution in [0.3, 0.4) is 0 Å². The summed E-state index contributed by atoms with van der Waals surface area (Å²) < 4.78 is 10.6. The fourth-order valence-electron chi connectivity index (χ4n) is 4.50. The van der Waals surface area contributed by atoms with Crippen LogP contribution in [0, 0.1) is 5.92 Å². The molecule has 1 fully saturated rings. The van der Waals surface area contributed by atoms with E-state index in [4.69, 9.17) is 9.47 Å². The van der Waals surface area contributed by atoms with Gasteiger partial charge < -0.3 is 14.8 Å². The van der Waals surface area contributed by atoms with Crippen molar-refractivity contribution in [1.82, 2.24) is 10.3 Å². The zero-order valence-electron chi connectivity index (χ0n) is 18.7. The van der Waals surface area contributed by atoms with Crippen LogP contribution in [0.25, 0.3) is 0 Å². The average molecular weight is 431 g/mol. The van der Waals surface area contributed by atoms with E-state index in [-0.39, 0.29) is 17.2 Å². The molecule has 5 nitrogen and oxygen atoms in total. The molecular formula is C27H30N2O3. The van der Waals surface area contributed by atoms with Crippen LogP contribution >= 0.6 is 0 Å². The molecule has 1 aliphatic carbocycles. The maximum atomic E-state index is 13.1. The molecule has 1 atom stereocenters. The number of rotatable bonds is 10. The fourth-order valence-corrected chi connectivity index (χ4v) is 4.50. The van der Waals surface area contributed by atoms with Crippen molar-refractivity contribution in [1.29, 1.82) is 0 Å². The Kier molecular flexibility index (Phi) is 6.74. The first-order chi connectivity index (χ1) is 15.7. The molecule has 166 valence electrons. The van der Waals surface area contributed by atoms with Gasteiger partial charge in [-0.15, -0.1) is 0 Å². The van der Waals surface area contributed by atoms with Gasteiger partial charge in [0.05, 0.1) is 20.1 Å². The lowest BCUT2D eigenvalue weighted by Crippen LogP contribution is -2.30. The van der Waals surface area contributed by atoms with Gasteiger partial charge in [-0.25, -0.2) is 0 Å². The molecule has 0 radical (unpaired) electrons. The first-order valence-electron chi connectivity index (χ1n) is 11.1. The largest absolute Gasteiger partial charge is 0.497 e. The standard InChI is InChI=1S/C27H30N2O3/c1-31-23-12-8-21(9-13-23)27(22-10-14-24(32-2)15-11-22)18-25(27)26(30)29-17-4-3-6-20-7-5-16-28-19-20/h5,7-16,19,25H,3-4,6,17-18H2,1-2H3,(H,29,30). The molecule has 1 aliphatic rings. The third kappa shape index (κ3) is 4.62. The highest BCUT2D eigenvalue weighted by Crippen LogP contribution is 2.59. The number of nitrogens with one attached hydrogen (secondary N) is 1. The number of carbonyl (C=O) groups is 1. The Hall–Kier alpha value is -3.34. The number of amides is 1. The van der Waals surface area contributed by atoms with Crippen molar-refractivity contribution in [3.63, 3.8) is 0 Å². The molecule has 1 amide bonds. The lowest BCUT2D eigenvalue weighted by molar-refractivity contribution is -0.122. The molecule has 1 heterocycles. The summed E-state index contributed by atoms with van der Waals surface area (Å²) in [5.41, 5.74) is 3.21. The van der Waals surface area contributed by atoms with E-state index in [0.717, 1.165) is 48.3 Å². The number of benzene rings is 2. The number of aromatic nitrogens is 1. The molecule has 1 aromatic heterocycles. The molecule has 0 aliphatic heterocycles. The first-order valence-corrected chi connectivity index (χ1v) is 11.1. The smallest absolute Gasteiger partial charge is 0.224 e. The van der Waals surface area contributed by atoms with Crippen LogP contribution in [0.5, 0.6) is 11.5 Å². The van der Waals surface area contributed by atoms with Crippen molar-refractivity contribution in [2.75, 3.05) is 20.8 Å². The number of ether oxygens (including phenoxy) is 2. The summed E-state index contributed by atoms with van der Waals surface area (Å²) in [4.78, 5) is 17.2. The van der Waals surface area contributed by atoms with Gasteiger partial charge in [-0.05, 0) is 72.7 Å². The van der Waals surface area contributed by atoms with Crippen LogP contribution in [0.4, 0.5) is 0 Å². The molecule has 3 aromatic rings. The molecule has 4 rings (SSSR count). The molecule has 0 spiro atoms.